The highest BCUT2D eigenvalue weighted by atomic mass is 32.2. The number of benzene rings is 2. The number of carbonyl (C=O) groups excluding carboxylic acids is 1. The minimum atomic E-state index is -0.123. The summed E-state index contributed by atoms with van der Waals surface area (Å²) < 4.78 is 1.09. The van der Waals surface area contributed by atoms with Gasteiger partial charge in [-0.25, -0.2) is 4.98 Å². The van der Waals surface area contributed by atoms with Crippen molar-refractivity contribution >= 4 is 44.4 Å². The van der Waals surface area contributed by atoms with Gasteiger partial charge in [-0.05, 0) is 49.1 Å². The fourth-order valence-electron chi connectivity index (χ4n) is 2.02. The average Bonchev–Trinajstić information content (AvgIpc) is 2.88. The summed E-state index contributed by atoms with van der Waals surface area (Å²) in [7, 11) is 0. The fourth-order valence-corrected chi connectivity index (χ4v) is 3.44. The van der Waals surface area contributed by atoms with E-state index in [0.29, 0.717) is 10.7 Å². The first-order chi connectivity index (χ1) is 10.2. The zero-order valence-electron chi connectivity index (χ0n) is 11.7. The molecule has 1 aromatic heterocycles. The van der Waals surface area contributed by atoms with Crippen LogP contribution in [0.5, 0.6) is 0 Å². The van der Waals surface area contributed by atoms with Gasteiger partial charge in [0, 0.05) is 10.5 Å². The lowest BCUT2D eigenvalue weighted by atomic mass is 10.2. The van der Waals surface area contributed by atoms with Gasteiger partial charge in [-0.15, -0.1) is 11.8 Å². The van der Waals surface area contributed by atoms with Crippen molar-refractivity contribution in [1.82, 2.24) is 4.98 Å². The van der Waals surface area contributed by atoms with Crippen molar-refractivity contribution in [1.29, 1.82) is 0 Å². The molecule has 1 heterocycles. The van der Waals surface area contributed by atoms with E-state index in [0.717, 1.165) is 15.1 Å². The highest BCUT2D eigenvalue weighted by Gasteiger charge is 2.10. The smallest absolute Gasteiger partial charge is 0.257 e. The zero-order chi connectivity index (χ0) is 14.8. The number of hydrogen-bond donors (Lipinski definition) is 1. The Morgan fingerprint density at radius 3 is 2.90 bits per heavy atom. The Morgan fingerprint density at radius 2 is 2.10 bits per heavy atom. The van der Waals surface area contributed by atoms with Crippen LogP contribution in [0.3, 0.4) is 0 Å². The third kappa shape index (κ3) is 3.09. The second-order valence-electron chi connectivity index (χ2n) is 4.68. The number of aryl methyl sites for hydroxylation is 1. The van der Waals surface area contributed by atoms with Crippen molar-refractivity contribution in [2.45, 2.75) is 11.8 Å². The molecule has 5 heteroatoms. The summed E-state index contributed by atoms with van der Waals surface area (Å²) in [5.41, 5.74) is 2.76. The van der Waals surface area contributed by atoms with E-state index in [-0.39, 0.29) is 5.91 Å². The monoisotopic (exact) mass is 314 g/mol. The van der Waals surface area contributed by atoms with Crippen LogP contribution in [0.2, 0.25) is 0 Å². The Balaban J connectivity index is 1.85. The van der Waals surface area contributed by atoms with E-state index in [2.05, 4.69) is 16.4 Å². The van der Waals surface area contributed by atoms with Crippen molar-refractivity contribution in [3.63, 3.8) is 0 Å². The second-order valence-corrected chi connectivity index (χ2v) is 6.59. The molecule has 0 fully saturated rings. The van der Waals surface area contributed by atoms with Gasteiger partial charge < -0.3 is 0 Å². The molecule has 0 aliphatic heterocycles. The van der Waals surface area contributed by atoms with Crippen LogP contribution in [0.1, 0.15) is 15.9 Å². The number of carbonyl (C=O) groups is 1. The maximum atomic E-state index is 12.3. The van der Waals surface area contributed by atoms with Crippen molar-refractivity contribution in [2.24, 2.45) is 0 Å². The Hall–Kier alpha value is -1.85. The third-order valence-corrected chi connectivity index (χ3v) is 4.76. The second kappa shape index (κ2) is 5.87. The van der Waals surface area contributed by atoms with Gasteiger partial charge in [0.1, 0.15) is 0 Å². The molecule has 1 N–H and O–H groups in total. The van der Waals surface area contributed by atoms with Crippen LogP contribution in [0.4, 0.5) is 5.13 Å². The zero-order valence-corrected chi connectivity index (χ0v) is 13.3. The summed E-state index contributed by atoms with van der Waals surface area (Å²) in [4.78, 5) is 17.8. The van der Waals surface area contributed by atoms with Crippen LogP contribution in [-0.2, 0) is 0 Å². The van der Waals surface area contributed by atoms with Crippen LogP contribution in [0, 0.1) is 6.92 Å². The quantitative estimate of drug-likeness (QED) is 0.720. The molecular formula is C16H14N2OS2. The lowest BCUT2D eigenvalue weighted by molar-refractivity contribution is 0.102. The molecule has 106 valence electrons. The van der Waals surface area contributed by atoms with E-state index in [1.807, 2.05) is 49.6 Å². The van der Waals surface area contributed by atoms with E-state index < -0.39 is 0 Å². The van der Waals surface area contributed by atoms with E-state index >= 15 is 0 Å². The van der Waals surface area contributed by atoms with Crippen LogP contribution < -0.4 is 5.32 Å². The molecule has 21 heavy (non-hydrogen) atoms. The minimum absolute atomic E-state index is 0.123. The topological polar surface area (TPSA) is 42.0 Å². The number of thiazole rings is 1. The number of nitrogens with zero attached hydrogens (tertiary/aromatic N) is 1. The molecule has 3 nitrogen and oxygen atoms in total. The summed E-state index contributed by atoms with van der Waals surface area (Å²) in [6, 6.07) is 13.7. The third-order valence-electron chi connectivity index (χ3n) is 3.10. The first-order valence-electron chi connectivity index (χ1n) is 6.48. The summed E-state index contributed by atoms with van der Waals surface area (Å²) >= 11 is 3.12. The number of thioether (sulfide) groups is 1. The molecule has 0 aliphatic carbocycles. The molecule has 1 amide bonds. The SMILES string of the molecule is CSc1cccc(C(=O)Nc2nc3ccc(C)cc3s2)c1. The highest BCUT2D eigenvalue weighted by molar-refractivity contribution is 7.98. The van der Waals surface area contributed by atoms with E-state index in [4.69, 9.17) is 0 Å². The number of amides is 1. The normalized spacial score (nSPS) is 10.8. The molecule has 0 bridgehead atoms. The predicted molar refractivity (Wildman–Crippen MR) is 90.5 cm³/mol. The van der Waals surface area contributed by atoms with Gasteiger partial charge in [-0.3, -0.25) is 10.1 Å². The lowest BCUT2D eigenvalue weighted by Crippen LogP contribution is -2.11. The molecule has 3 rings (SSSR count). The van der Waals surface area contributed by atoms with Gasteiger partial charge in [0.25, 0.3) is 5.91 Å². The van der Waals surface area contributed by atoms with Gasteiger partial charge in [0.15, 0.2) is 5.13 Å². The summed E-state index contributed by atoms with van der Waals surface area (Å²) in [5, 5.41) is 3.51. The molecule has 2 aromatic carbocycles. The molecule has 0 radical (unpaired) electrons. The number of anilines is 1. The number of nitrogens with one attached hydrogen (secondary N) is 1. The molecule has 0 aliphatic rings. The fraction of sp³-hybridized carbons (Fsp3) is 0.125. The van der Waals surface area contributed by atoms with E-state index in [9.17, 15) is 4.79 Å². The molecule has 0 spiro atoms. The summed E-state index contributed by atoms with van der Waals surface area (Å²) in [6.45, 7) is 2.05. The Kier molecular flexibility index (Phi) is 3.94. The average molecular weight is 314 g/mol. The van der Waals surface area contributed by atoms with Gasteiger partial charge >= 0.3 is 0 Å². The van der Waals surface area contributed by atoms with Crippen molar-refractivity contribution in [3.05, 3.63) is 53.6 Å². The number of hydrogen-bond acceptors (Lipinski definition) is 4. The molecular weight excluding hydrogens is 300 g/mol. The van der Waals surface area contributed by atoms with E-state index in [1.54, 1.807) is 11.8 Å². The van der Waals surface area contributed by atoms with Crippen molar-refractivity contribution in [3.8, 4) is 0 Å². The van der Waals surface area contributed by atoms with Crippen molar-refractivity contribution in [2.75, 3.05) is 11.6 Å². The molecule has 0 atom stereocenters. The number of rotatable bonds is 3. The Labute approximate surface area is 131 Å². The highest BCUT2D eigenvalue weighted by Crippen LogP contribution is 2.27. The van der Waals surface area contributed by atoms with Gasteiger partial charge in [-0.1, -0.05) is 23.5 Å². The van der Waals surface area contributed by atoms with Crippen molar-refractivity contribution < 1.29 is 4.79 Å². The first kappa shape index (κ1) is 14.1. The van der Waals surface area contributed by atoms with Gasteiger partial charge in [0.05, 0.1) is 10.2 Å². The van der Waals surface area contributed by atoms with Crippen LogP contribution in [0.15, 0.2) is 47.4 Å². The van der Waals surface area contributed by atoms with E-state index in [1.165, 1.54) is 16.9 Å². The molecule has 0 unspecified atom stereocenters. The molecule has 3 aromatic rings. The number of aromatic nitrogens is 1. The van der Waals surface area contributed by atoms with Gasteiger partial charge in [0.2, 0.25) is 0 Å². The number of fused-ring (bicyclic) bond motifs is 1. The standard InChI is InChI=1S/C16H14N2OS2/c1-10-6-7-13-14(8-10)21-16(17-13)18-15(19)11-4-3-5-12(9-11)20-2/h3-9H,1-2H3,(H,17,18,19). The largest absolute Gasteiger partial charge is 0.298 e. The maximum absolute atomic E-state index is 12.3. The summed E-state index contributed by atoms with van der Waals surface area (Å²) in [5.74, 6) is -0.123. The Morgan fingerprint density at radius 1 is 1.24 bits per heavy atom. The first-order valence-corrected chi connectivity index (χ1v) is 8.52. The minimum Gasteiger partial charge on any atom is -0.298 e. The molecule has 0 saturated heterocycles. The van der Waals surface area contributed by atoms with Crippen LogP contribution >= 0.6 is 23.1 Å². The van der Waals surface area contributed by atoms with Crippen LogP contribution in [-0.4, -0.2) is 17.1 Å². The lowest BCUT2D eigenvalue weighted by Gasteiger charge is -2.03. The maximum Gasteiger partial charge on any atom is 0.257 e. The van der Waals surface area contributed by atoms with Crippen LogP contribution in [0.25, 0.3) is 10.2 Å². The van der Waals surface area contributed by atoms with Gasteiger partial charge in [-0.2, -0.15) is 0 Å². The Bertz CT molecular complexity index is 811. The predicted octanol–water partition coefficient (Wildman–Crippen LogP) is 4.58. The summed E-state index contributed by atoms with van der Waals surface area (Å²) in [6.07, 6.45) is 1.99. The molecule has 0 saturated carbocycles.